The van der Waals surface area contributed by atoms with Crippen molar-refractivity contribution >= 4 is 5.91 Å². The molecular weight excluding hydrogens is 667 g/mol. The van der Waals surface area contributed by atoms with Crippen molar-refractivity contribution in [3.05, 3.63) is 123 Å². The summed E-state index contributed by atoms with van der Waals surface area (Å²) < 4.78 is 56.5. The van der Waals surface area contributed by atoms with Gasteiger partial charge in [0.1, 0.15) is 41.8 Å². The second-order valence-electron chi connectivity index (χ2n) is 12.7. The number of rotatable bonds is 10. The number of aryl methyl sites for hydroxylation is 1. The normalized spacial score (nSPS) is 12.5. The third-order valence-electron chi connectivity index (χ3n) is 8.18. The Hall–Kier alpha value is -6.21. The van der Waals surface area contributed by atoms with Crippen LogP contribution in [0.2, 0.25) is 0 Å². The second kappa shape index (κ2) is 13.2. The molecule has 0 bridgehead atoms. The fraction of sp³-hybridized carbons (Fsp3) is 0.257. The van der Waals surface area contributed by atoms with Gasteiger partial charge in [0.05, 0.1) is 60.8 Å². The number of nitriles is 1. The number of nitrogens with zero attached hydrogens (tertiary/aromatic N) is 8. The van der Waals surface area contributed by atoms with Gasteiger partial charge in [-0.1, -0.05) is 11.2 Å². The Morgan fingerprint density at radius 2 is 1.82 bits per heavy atom. The Kier molecular flexibility index (Phi) is 9.00. The Balaban J connectivity index is 1.36. The molecule has 0 spiro atoms. The molecular formula is C35H33F3N9O4+. The number of quaternary nitrogens is 1. The molecule has 13 nitrogen and oxygen atoms in total. The molecule has 1 amide bonds. The maximum Gasteiger partial charge on any atom is 0.416 e. The number of hydrogen-bond donors (Lipinski definition) is 1. The predicted molar refractivity (Wildman–Crippen MR) is 176 cm³/mol. The molecule has 0 saturated carbocycles. The lowest BCUT2D eigenvalue weighted by atomic mass is 10.1. The molecule has 4 aromatic heterocycles. The van der Waals surface area contributed by atoms with E-state index in [4.69, 9.17) is 8.94 Å². The molecule has 0 aliphatic carbocycles. The van der Waals surface area contributed by atoms with E-state index in [1.54, 1.807) is 43.5 Å². The van der Waals surface area contributed by atoms with E-state index in [2.05, 4.69) is 20.6 Å². The van der Waals surface area contributed by atoms with E-state index < -0.39 is 29.2 Å². The van der Waals surface area contributed by atoms with Gasteiger partial charge in [0, 0.05) is 13.1 Å². The molecule has 0 saturated heterocycles. The van der Waals surface area contributed by atoms with E-state index in [-0.39, 0.29) is 22.8 Å². The molecule has 4 heterocycles. The van der Waals surface area contributed by atoms with Crippen LogP contribution in [-0.2, 0) is 26.3 Å². The summed E-state index contributed by atoms with van der Waals surface area (Å²) in [6.45, 7) is 4.47. The fourth-order valence-corrected chi connectivity index (χ4v) is 5.91. The first-order valence-corrected chi connectivity index (χ1v) is 15.7. The minimum absolute atomic E-state index is 0.0826. The zero-order valence-electron chi connectivity index (χ0n) is 28.3. The highest BCUT2D eigenvalue weighted by atomic mass is 19.4. The quantitative estimate of drug-likeness (QED) is 0.185. The molecule has 16 heteroatoms. The monoisotopic (exact) mass is 700 g/mol. The van der Waals surface area contributed by atoms with Gasteiger partial charge in [-0.25, -0.2) is 14.3 Å². The lowest BCUT2D eigenvalue weighted by molar-refractivity contribution is -0.918. The summed E-state index contributed by atoms with van der Waals surface area (Å²) in [5, 5.41) is 20.5. The van der Waals surface area contributed by atoms with Crippen LogP contribution < -0.4 is 10.9 Å². The van der Waals surface area contributed by atoms with Crippen molar-refractivity contribution in [2.24, 2.45) is 7.05 Å². The van der Waals surface area contributed by atoms with Crippen LogP contribution in [0.1, 0.15) is 57.6 Å². The summed E-state index contributed by atoms with van der Waals surface area (Å²) in [7, 11) is 5.45. The van der Waals surface area contributed by atoms with E-state index in [0.29, 0.717) is 46.0 Å². The van der Waals surface area contributed by atoms with Crippen LogP contribution in [0.5, 0.6) is 0 Å². The topological polar surface area (TPSA) is 150 Å². The third kappa shape index (κ3) is 7.10. The number of amides is 1. The number of benzene rings is 2. The minimum Gasteiger partial charge on any atom is -0.437 e. The molecule has 262 valence electrons. The number of nitrogens with one attached hydrogen (secondary N) is 1. The first-order chi connectivity index (χ1) is 24.1. The highest BCUT2D eigenvalue weighted by Crippen LogP contribution is 2.32. The van der Waals surface area contributed by atoms with Crippen LogP contribution in [0.4, 0.5) is 13.2 Å². The first kappa shape index (κ1) is 34.6. The summed E-state index contributed by atoms with van der Waals surface area (Å²) in [5.41, 5.74) is -0.185. The van der Waals surface area contributed by atoms with Gasteiger partial charge in [-0.3, -0.25) is 14.3 Å². The van der Waals surface area contributed by atoms with Crippen LogP contribution in [0.15, 0.2) is 86.8 Å². The lowest BCUT2D eigenvalue weighted by Gasteiger charge is -2.27. The van der Waals surface area contributed by atoms with Crippen molar-refractivity contribution < 1.29 is 31.4 Å². The molecule has 1 atom stereocenters. The molecule has 0 aliphatic heterocycles. The SMILES string of the molecule is Cc1cc(C[N+](C)(C)Cc2cnc(C(C)NC(=O)c3c(-c4ccnn4-c4ccc(C#N)cc4)n(C)n(-c4cccc(C(F)(F)F)c4)c3=O)o2)no1. The Morgan fingerprint density at radius 1 is 1.08 bits per heavy atom. The second-order valence-corrected chi connectivity index (χ2v) is 12.7. The summed E-state index contributed by atoms with van der Waals surface area (Å²) >= 11 is 0. The summed E-state index contributed by atoms with van der Waals surface area (Å²) in [5.74, 6) is 0.635. The van der Waals surface area contributed by atoms with E-state index in [1.165, 1.54) is 34.7 Å². The van der Waals surface area contributed by atoms with Crippen LogP contribution in [0, 0.1) is 18.3 Å². The van der Waals surface area contributed by atoms with Crippen LogP contribution in [0.3, 0.4) is 0 Å². The third-order valence-corrected chi connectivity index (χ3v) is 8.18. The molecule has 1 unspecified atom stereocenters. The van der Waals surface area contributed by atoms with Crippen molar-refractivity contribution in [3.8, 4) is 28.8 Å². The molecule has 0 radical (unpaired) electrons. The highest BCUT2D eigenvalue weighted by Gasteiger charge is 2.33. The van der Waals surface area contributed by atoms with E-state index in [9.17, 15) is 28.0 Å². The number of hydrogen-bond acceptors (Lipinski definition) is 8. The van der Waals surface area contributed by atoms with Gasteiger partial charge in [0.2, 0.25) is 5.89 Å². The van der Waals surface area contributed by atoms with Gasteiger partial charge >= 0.3 is 6.18 Å². The fourth-order valence-electron chi connectivity index (χ4n) is 5.91. The Bertz CT molecular complexity index is 2320. The molecule has 6 aromatic rings. The van der Waals surface area contributed by atoms with Gasteiger partial charge in [-0.15, -0.1) is 0 Å². The summed E-state index contributed by atoms with van der Waals surface area (Å²) in [4.78, 5) is 32.6. The van der Waals surface area contributed by atoms with E-state index in [1.807, 2.05) is 33.2 Å². The highest BCUT2D eigenvalue weighted by molar-refractivity contribution is 6.00. The number of alkyl halides is 3. The van der Waals surface area contributed by atoms with Gasteiger partial charge in [0.15, 0.2) is 5.76 Å². The van der Waals surface area contributed by atoms with Crippen molar-refractivity contribution in [1.29, 1.82) is 5.26 Å². The molecule has 0 fully saturated rings. The Morgan fingerprint density at radius 3 is 2.49 bits per heavy atom. The lowest BCUT2D eigenvalue weighted by Crippen LogP contribution is -2.37. The summed E-state index contributed by atoms with van der Waals surface area (Å²) in [6, 6.07) is 15.4. The Labute approximate surface area is 289 Å². The molecule has 6 rings (SSSR count). The maximum atomic E-state index is 14.2. The van der Waals surface area contributed by atoms with Crippen LogP contribution in [0.25, 0.3) is 22.8 Å². The molecule has 0 aliphatic rings. The van der Waals surface area contributed by atoms with Crippen LogP contribution >= 0.6 is 0 Å². The van der Waals surface area contributed by atoms with Gasteiger partial charge in [-0.2, -0.15) is 23.5 Å². The standard InChI is InChI=1S/C35H32F3N9O4/c1-21-15-25(43-51-21)19-47(4,5)20-28-18-40-33(50-28)22(2)42-32(48)30-31(29-13-14-41-45(29)26-11-9-23(17-39)10-12-26)44(3)46(34(30)49)27-8-6-7-24(16-27)35(36,37)38/h6-16,18,22H,19-20H2,1-5H3/p+1. The maximum absolute atomic E-state index is 14.2. The van der Waals surface area contributed by atoms with Crippen molar-refractivity contribution in [2.75, 3.05) is 14.1 Å². The van der Waals surface area contributed by atoms with Crippen molar-refractivity contribution in [2.45, 2.75) is 39.2 Å². The largest absolute Gasteiger partial charge is 0.437 e. The van der Waals surface area contributed by atoms with E-state index >= 15 is 0 Å². The average Bonchev–Trinajstić information content (AvgIpc) is 3.87. The smallest absolute Gasteiger partial charge is 0.416 e. The molecule has 2 aromatic carbocycles. The number of carbonyl (C=O) groups excluding carboxylic acids is 1. The number of carbonyl (C=O) groups is 1. The number of aromatic nitrogens is 6. The number of oxazole rings is 1. The van der Waals surface area contributed by atoms with Gasteiger partial charge < -0.3 is 18.7 Å². The minimum atomic E-state index is -4.67. The van der Waals surface area contributed by atoms with Gasteiger partial charge in [0.25, 0.3) is 11.5 Å². The summed E-state index contributed by atoms with van der Waals surface area (Å²) in [6.07, 6.45) is -1.64. The van der Waals surface area contributed by atoms with Crippen LogP contribution in [-0.4, -0.2) is 53.8 Å². The van der Waals surface area contributed by atoms with Crippen molar-refractivity contribution in [3.63, 3.8) is 0 Å². The molecule has 1 N–H and O–H groups in total. The molecule has 51 heavy (non-hydrogen) atoms. The zero-order chi connectivity index (χ0) is 36.7. The van der Waals surface area contributed by atoms with Crippen molar-refractivity contribution in [1.82, 2.24) is 34.6 Å². The van der Waals surface area contributed by atoms with E-state index in [0.717, 1.165) is 22.5 Å². The zero-order valence-corrected chi connectivity index (χ0v) is 28.3. The first-order valence-electron chi connectivity index (χ1n) is 15.7. The number of halogens is 3. The van der Waals surface area contributed by atoms with Gasteiger partial charge in [-0.05, 0) is 62.4 Å². The predicted octanol–water partition coefficient (Wildman–Crippen LogP) is 5.47. The average molecular weight is 701 g/mol.